The molecule has 1 saturated heterocycles. The molecule has 0 aliphatic carbocycles. The van der Waals surface area contributed by atoms with E-state index in [2.05, 4.69) is 10.6 Å². The summed E-state index contributed by atoms with van der Waals surface area (Å²) in [6, 6.07) is 4.59. The molecule has 1 aromatic carbocycles. The van der Waals surface area contributed by atoms with Gasteiger partial charge >= 0.3 is 0 Å². The van der Waals surface area contributed by atoms with Crippen LogP contribution in [0.1, 0.15) is 24.9 Å². The molecule has 1 fully saturated rings. The maximum atomic E-state index is 13.8. The van der Waals surface area contributed by atoms with Gasteiger partial charge in [0, 0.05) is 30.6 Å². The number of hydrogen-bond acceptors (Lipinski definition) is 3. The number of methoxy groups -OCH3 is 1. The monoisotopic (exact) mass is 252 g/mol. The van der Waals surface area contributed by atoms with Crippen LogP contribution in [0.5, 0.6) is 5.75 Å². The molecule has 0 aromatic heterocycles. The van der Waals surface area contributed by atoms with Gasteiger partial charge in [-0.3, -0.25) is 4.79 Å². The Bertz CT molecular complexity index is 451. The summed E-state index contributed by atoms with van der Waals surface area (Å²) >= 11 is 0. The molecule has 0 saturated carbocycles. The molecule has 0 radical (unpaired) electrons. The van der Waals surface area contributed by atoms with Crippen LogP contribution in [0.3, 0.4) is 0 Å². The normalized spacial score (nSPS) is 20.6. The van der Waals surface area contributed by atoms with Crippen LogP contribution in [0.15, 0.2) is 18.2 Å². The number of hydrogen-bond donors (Lipinski definition) is 2. The average Bonchev–Trinajstić information content (AvgIpc) is 2.74. The molecule has 5 heteroatoms. The topological polar surface area (TPSA) is 50.4 Å². The van der Waals surface area contributed by atoms with Crippen LogP contribution in [-0.4, -0.2) is 25.6 Å². The molecule has 0 bridgehead atoms. The summed E-state index contributed by atoms with van der Waals surface area (Å²) in [5.74, 6) is 0.249. The maximum Gasteiger partial charge on any atom is 0.221 e. The van der Waals surface area contributed by atoms with Crippen molar-refractivity contribution in [1.82, 2.24) is 10.6 Å². The molecule has 2 N–H and O–H groups in total. The lowest BCUT2D eigenvalue weighted by Gasteiger charge is -2.21. The third-order valence-electron chi connectivity index (χ3n) is 3.13. The van der Waals surface area contributed by atoms with Gasteiger partial charge in [0.15, 0.2) is 0 Å². The molecule has 98 valence electrons. The van der Waals surface area contributed by atoms with Gasteiger partial charge in [-0.15, -0.1) is 0 Å². The van der Waals surface area contributed by atoms with Crippen molar-refractivity contribution in [2.75, 3.05) is 13.7 Å². The highest BCUT2D eigenvalue weighted by atomic mass is 19.1. The highest BCUT2D eigenvalue weighted by molar-refractivity contribution is 5.78. The predicted molar refractivity (Wildman–Crippen MR) is 65.9 cm³/mol. The summed E-state index contributed by atoms with van der Waals surface area (Å²) in [6.45, 7) is 2.45. The molecule has 4 nitrogen and oxygen atoms in total. The van der Waals surface area contributed by atoms with Crippen LogP contribution in [0.4, 0.5) is 4.39 Å². The first-order valence-corrected chi connectivity index (χ1v) is 5.97. The van der Waals surface area contributed by atoms with Crippen LogP contribution in [-0.2, 0) is 4.79 Å². The highest BCUT2D eigenvalue weighted by Gasteiger charge is 2.25. The Balaban J connectivity index is 2.13. The first kappa shape index (κ1) is 12.8. The molecule has 1 aromatic rings. The van der Waals surface area contributed by atoms with Crippen LogP contribution >= 0.6 is 0 Å². The maximum absolute atomic E-state index is 13.8. The zero-order valence-electron chi connectivity index (χ0n) is 10.5. The number of nitrogens with one attached hydrogen (secondary N) is 2. The van der Waals surface area contributed by atoms with Crippen molar-refractivity contribution in [3.05, 3.63) is 29.6 Å². The van der Waals surface area contributed by atoms with Crippen LogP contribution < -0.4 is 15.4 Å². The van der Waals surface area contributed by atoms with E-state index in [0.29, 0.717) is 24.3 Å². The lowest BCUT2D eigenvalue weighted by atomic mass is 10.0. The van der Waals surface area contributed by atoms with E-state index < -0.39 is 0 Å². The van der Waals surface area contributed by atoms with E-state index in [-0.39, 0.29) is 23.8 Å². The summed E-state index contributed by atoms with van der Waals surface area (Å²) in [7, 11) is 1.52. The van der Waals surface area contributed by atoms with E-state index in [1.54, 1.807) is 12.1 Å². The van der Waals surface area contributed by atoms with E-state index >= 15 is 0 Å². The summed E-state index contributed by atoms with van der Waals surface area (Å²) in [5, 5.41) is 5.98. The van der Waals surface area contributed by atoms with Gasteiger partial charge in [-0.1, -0.05) is 6.07 Å². The Labute approximate surface area is 106 Å². The average molecular weight is 252 g/mol. The lowest BCUT2D eigenvalue weighted by molar-refractivity contribution is -0.119. The molecule has 1 aliphatic heterocycles. The smallest absolute Gasteiger partial charge is 0.221 e. The van der Waals surface area contributed by atoms with Crippen LogP contribution in [0.25, 0.3) is 0 Å². The minimum atomic E-state index is -0.299. The molecule has 1 heterocycles. The van der Waals surface area contributed by atoms with Crippen molar-refractivity contribution in [3.63, 3.8) is 0 Å². The second kappa shape index (κ2) is 5.35. The van der Waals surface area contributed by atoms with Crippen molar-refractivity contribution in [3.8, 4) is 5.75 Å². The van der Waals surface area contributed by atoms with Gasteiger partial charge in [-0.05, 0) is 19.1 Å². The van der Waals surface area contributed by atoms with Gasteiger partial charge in [0.2, 0.25) is 5.91 Å². The minimum Gasteiger partial charge on any atom is -0.496 e. The number of benzene rings is 1. The van der Waals surface area contributed by atoms with E-state index in [1.807, 2.05) is 6.92 Å². The summed E-state index contributed by atoms with van der Waals surface area (Å²) in [4.78, 5) is 11.1. The van der Waals surface area contributed by atoms with E-state index in [1.165, 1.54) is 13.2 Å². The molecule has 2 rings (SSSR count). The number of ether oxygens (including phenoxy) is 1. The molecule has 0 spiro atoms. The third-order valence-corrected chi connectivity index (χ3v) is 3.13. The second-order valence-corrected chi connectivity index (χ2v) is 4.45. The van der Waals surface area contributed by atoms with E-state index in [4.69, 9.17) is 4.74 Å². The van der Waals surface area contributed by atoms with Gasteiger partial charge in [-0.2, -0.15) is 0 Å². The Morgan fingerprint density at radius 1 is 1.56 bits per heavy atom. The fourth-order valence-electron chi connectivity index (χ4n) is 2.28. The van der Waals surface area contributed by atoms with Gasteiger partial charge in [-0.25, -0.2) is 4.39 Å². The Morgan fingerprint density at radius 2 is 2.33 bits per heavy atom. The number of amides is 1. The van der Waals surface area contributed by atoms with Crippen molar-refractivity contribution in [2.45, 2.75) is 25.4 Å². The van der Waals surface area contributed by atoms with Crippen LogP contribution in [0, 0.1) is 5.82 Å². The largest absolute Gasteiger partial charge is 0.496 e. The summed E-state index contributed by atoms with van der Waals surface area (Å²) in [6.07, 6.45) is 0.432. The van der Waals surface area contributed by atoms with Gasteiger partial charge in [0.25, 0.3) is 0 Å². The zero-order chi connectivity index (χ0) is 13.1. The third kappa shape index (κ3) is 2.61. The van der Waals surface area contributed by atoms with Crippen LogP contribution in [0.2, 0.25) is 0 Å². The predicted octanol–water partition coefficient (Wildman–Crippen LogP) is 1.37. The SMILES string of the molecule is COc1cccc(F)c1C(C)NC1CNC(=O)C1. The number of halogens is 1. The van der Waals surface area contributed by atoms with E-state index in [9.17, 15) is 9.18 Å². The standard InChI is InChI=1S/C13H17FN2O2/c1-8(16-9-6-12(17)15-7-9)13-10(14)4-3-5-11(13)18-2/h3-5,8-9,16H,6-7H2,1-2H3,(H,15,17). The summed E-state index contributed by atoms with van der Waals surface area (Å²) in [5.41, 5.74) is 0.499. The summed E-state index contributed by atoms with van der Waals surface area (Å²) < 4.78 is 19.0. The van der Waals surface area contributed by atoms with Gasteiger partial charge in [0.1, 0.15) is 11.6 Å². The first-order valence-electron chi connectivity index (χ1n) is 5.97. The highest BCUT2D eigenvalue weighted by Crippen LogP contribution is 2.28. The Morgan fingerprint density at radius 3 is 2.94 bits per heavy atom. The van der Waals surface area contributed by atoms with Crippen molar-refractivity contribution in [2.24, 2.45) is 0 Å². The zero-order valence-corrected chi connectivity index (χ0v) is 10.5. The Hall–Kier alpha value is -1.62. The van der Waals surface area contributed by atoms with Crippen molar-refractivity contribution in [1.29, 1.82) is 0 Å². The van der Waals surface area contributed by atoms with E-state index in [0.717, 1.165) is 0 Å². The minimum absolute atomic E-state index is 0.0280. The van der Waals surface area contributed by atoms with Gasteiger partial charge in [0.05, 0.1) is 7.11 Å². The molecule has 2 unspecified atom stereocenters. The Kier molecular flexibility index (Phi) is 3.81. The number of carbonyl (C=O) groups excluding carboxylic acids is 1. The number of rotatable bonds is 4. The molecular formula is C13H17FN2O2. The quantitative estimate of drug-likeness (QED) is 0.851. The van der Waals surface area contributed by atoms with Crippen molar-refractivity contribution < 1.29 is 13.9 Å². The fraction of sp³-hybridized carbons (Fsp3) is 0.462. The molecule has 1 amide bonds. The second-order valence-electron chi connectivity index (χ2n) is 4.45. The van der Waals surface area contributed by atoms with Gasteiger partial charge < -0.3 is 15.4 Å². The molecule has 2 atom stereocenters. The lowest BCUT2D eigenvalue weighted by Crippen LogP contribution is -2.33. The fourth-order valence-corrected chi connectivity index (χ4v) is 2.28. The molecule has 1 aliphatic rings. The number of carbonyl (C=O) groups is 1. The molecule has 18 heavy (non-hydrogen) atoms. The van der Waals surface area contributed by atoms with Crippen molar-refractivity contribution >= 4 is 5.91 Å². The molecular weight excluding hydrogens is 235 g/mol. The first-order chi connectivity index (χ1) is 8.61.